The van der Waals surface area contributed by atoms with E-state index in [1.165, 1.54) is 0 Å². The Balaban J connectivity index is 2.27. The molecule has 2 aromatic rings. The molecule has 0 saturated heterocycles. The summed E-state index contributed by atoms with van der Waals surface area (Å²) < 4.78 is 1.82. The summed E-state index contributed by atoms with van der Waals surface area (Å²) in [6, 6.07) is 6.61. The fraction of sp³-hybridized carbons (Fsp3) is 0.357. The van der Waals surface area contributed by atoms with Gasteiger partial charge >= 0.3 is 6.03 Å². The molecule has 1 aromatic carbocycles. The highest BCUT2D eigenvalue weighted by atomic mass is 16.2. The molecule has 106 valence electrons. The van der Waals surface area contributed by atoms with Crippen molar-refractivity contribution in [2.24, 2.45) is 0 Å². The largest absolute Gasteiger partial charge is 0.338 e. The average molecular weight is 274 g/mol. The van der Waals surface area contributed by atoms with Crippen LogP contribution in [0.3, 0.4) is 0 Å². The Morgan fingerprint density at radius 1 is 1.35 bits per heavy atom. The van der Waals surface area contributed by atoms with Gasteiger partial charge in [0.25, 0.3) is 5.91 Å². The fourth-order valence-corrected chi connectivity index (χ4v) is 2.19. The van der Waals surface area contributed by atoms with E-state index in [0.717, 1.165) is 16.9 Å². The second-order valence-corrected chi connectivity index (χ2v) is 4.54. The Kier molecular flexibility index (Phi) is 4.02. The number of aryl methyl sites for hydroxylation is 1. The standard InChI is InChI=1S/C14H18N4O2/c1-4-15-14(20)17-13(19)9(2)18-10(3)16-11-7-5-6-8-12(11)18/h5-9H,4H2,1-3H3,(H2,15,17,19,20). The highest BCUT2D eigenvalue weighted by molar-refractivity contribution is 5.96. The van der Waals surface area contributed by atoms with Gasteiger partial charge in [0, 0.05) is 6.54 Å². The molecule has 0 radical (unpaired) electrons. The molecule has 0 aliphatic heterocycles. The van der Waals surface area contributed by atoms with E-state index in [1.807, 2.05) is 35.8 Å². The van der Waals surface area contributed by atoms with E-state index in [9.17, 15) is 9.59 Å². The first kappa shape index (κ1) is 14.0. The molecule has 1 unspecified atom stereocenters. The zero-order valence-electron chi connectivity index (χ0n) is 11.8. The molecule has 0 fully saturated rings. The van der Waals surface area contributed by atoms with Crippen LogP contribution in [0.15, 0.2) is 24.3 Å². The van der Waals surface area contributed by atoms with Crippen molar-refractivity contribution in [1.29, 1.82) is 0 Å². The minimum Gasteiger partial charge on any atom is -0.338 e. The lowest BCUT2D eigenvalue weighted by atomic mass is 10.2. The molecule has 1 heterocycles. The first-order valence-electron chi connectivity index (χ1n) is 6.56. The van der Waals surface area contributed by atoms with Crippen molar-refractivity contribution in [2.75, 3.05) is 6.54 Å². The molecule has 3 amide bonds. The minimum atomic E-state index is -0.509. The Morgan fingerprint density at radius 3 is 2.75 bits per heavy atom. The van der Waals surface area contributed by atoms with Gasteiger partial charge in [0.05, 0.1) is 11.0 Å². The molecule has 2 rings (SSSR count). The highest BCUT2D eigenvalue weighted by Crippen LogP contribution is 2.20. The first-order valence-corrected chi connectivity index (χ1v) is 6.56. The van der Waals surface area contributed by atoms with E-state index in [2.05, 4.69) is 15.6 Å². The molecule has 6 nitrogen and oxygen atoms in total. The quantitative estimate of drug-likeness (QED) is 0.895. The summed E-state index contributed by atoms with van der Waals surface area (Å²) in [5.74, 6) is 0.381. The molecule has 1 atom stereocenters. The Labute approximate surface area is 117 Å². The summed E-state index contributed by atoms with van der Waals surface area (Å²) in [7, 11) is 0. The predicted octanol–water partition coefficient (Wildman–Crippen LogP) is 1.75. The maximum atomic E-state index is 12.1. The highest BCUT2D eigenvalue weighted by Gasteiger charge is 2.21. The van der Waals surface area contributed by atoms with Crippen molar-refractivity contribution in [1.82, 2.24) is 20.2 Å². The molecular weight excluding hydrogens is 256 g/mol. The number of rotatable bonds is 3. The van der Waals surface area contributed by atoms with Crippen LogP contribution in [0, 0.1) is 6.92 Å². The van der Waals surface area contributed by atoms with Gasteiger partial charge in [-0.25, -0.2) is 9.78 Å². The van der Waals surface area contributed by atoms with Crippen molar-refractivity contribution in [3.8, 4) is 0 Å². The van der Waals surface area contributed by atoms with Gasteiger partial charge < -0.3 is 9.88 Å². The van der Waals surface area contributed by atoms with E-state index in [1.54, 1.807) is 13.8 Å². The van der Waals surface area contributed by atoms with Gasteiger partial charge in [0.15, 0.2) is 0 Å². The Bertz CT molecular complexity index is 648. The van der Waals surface area contributed by atoms with Crippen molar-refractivity contribution < 1.29 is 9.59 Å². The number of aromatic nitrogens is 2. The number of hydrogen-bond acceptors (Lipinski definition) is 3. The summed E-state index contributed by atoms with van der Waals surface area (Å²) in [4.78, 5) is 27.9. The number of nitrogens with one attached hydrogen (secondary N) is 2. The number of nitrogens with zero attached hydrogens (tertiary/aromatic N) is 2. The molecule has 1 aromatic heterocycles. The number of fused-ring (bicyclic) bond motifs is 1. The van der Waals surface area contributed by atoms with Gasteiger partial charge in [-0.1, -0.05) is 12.1 Å². The smallest absolute Gasteiger partial charge is 0.321 e. The van der Waals surface area contributed by atoms with Gasteiger partial charge in [-0.15, -0.1) is 0 Å². The molecule has 6 heteroatoms. The summed E-state index contributed by atoms with van der Waals surface area (Å²) in [5.41, 5.74) is 1.71. The van der Waals surface area contributed by atoms with Crippen LogP contribution in [0.2, 0.25) is 0 Å². The lowest BCUT2D eigenvalue weighted by Gasteiger charge is -2.15. The van der Waals surface area contributed by atoms with E-state index in [0.29, 0.717) is 6.54 Å². The molecule has 0 aliphatic rings. The number of hydrogen-bond donors (Lipinski definition) is 2. The van der Waals surface area contributed by atoms with Crippen molar-refractivity contribution >= 4 is 23.0 Å². The summed E-state index contributed by atoms with van der Waals surface area (Å²) in [5, 5.41) is 4.86. The number of urea groups is 1. The van der Waals surface area contributed by atoms with Crippen molar-refractivity contribution in [3.05, 3.63) is 30.1 Å². The molecule has 20 heavy (non-hydrogen) atoms. The molecule has 0 bridgehead atoms. The summed E-state index contributed by atoms with van der Waals surface area (Å²) >= 11 is 0. The van der Waals surface area contributed by atoms with E-state index in [-0.39, 0.29) is 5.91 Å². The van der Waals surface area contributed by atoms with Gasteiger partial charge in [0.2, 0.25) is 0 Å². The number of carbonyl (C=O) groups is 2. The van der Waals surface area contributed by atoms with Crippen LogP contribution in [-0.4, -0.2) is 28.0 Å². The summed E-state index contributed by atoms with van der Waals surface area (Å²) in [6.45, 7) is 5.85. The third kappa shape index (κ3) is 2.64. The Morgan fingerprint density at radius 2 is 2.05 bits per heavy atom. The molecule has 0 aliphatic carbocycles. The number of para-hydroxylation sites is 2. The normalized spacial score (nSPS) is 12.2. The van der Waals surface area contributed by atoms with Gasteiger partial charge in [-0.3, -0.25) is 10.1 Å². The molecule has 0 spiro atoms. The number of amides is 3. The van der Waals surface area contributed by atoms with Crippen LogP contribution in [-0.2, 0) is 4.79 Å². The van der Waals surface area contributed by atoms with Crippen LogP contribution in [0.25, 0.3) is 11.0 Å². The zero-order chi connectivity index (χ0) is 14.7. The second-order valence-electron chi connectivity index (χ2n) is 4.54. The lowest BCUT2D eigenvalue weighted by Crippen LogP contribution is -2.42. The Hall–Kier alpha value is -2.37. The molecular formula is C14H18N4O2. The molecule has 0 saturated carbocycles. The monoisotopic (exact) mass is 274 g/mol. The third-order valence-corrected chi connectivity index (χ3v) is 3.11. The maximum Gasteiger partial charge on any atom is 0.321 e. The number of imidazole rings is 1. The SMILES string of the molecule is CCNC(=O)NC(=O)C(C)n1c(C)nc2ccccc21. The second kappa shape index (κ2) is 5.73. The van der Waals surface area contributed by atoms with E-state index in [4.69, 9.17) is 0 Å². The van der Waals surface area contributed by atoms with Gasteiger partial charge in [-0.05, 0) is 32.9 Å². The van der Waals surface area contributed by atoms with Gasteiger partial charge in [-0.2, -0.15) is 0 Å². The third-order valence-electron chi connectivity index (χ3n) is 3.11. The number of carbonyl (C=O) groups excluding carboxylic acids is 2. The fourth-order valence-electron chi connectivity index (χ4n) is 2.19. The van der Waals surface area contributed by atoms with Crippen LogP contribution in [0.1, 0.15) is 25.7 Å². The van der Waals surface area contributed by atoms with Gasteiger partial charge in [0.1, 0.15) is 11.9 Å². The number of imide groups is 1. The average Bonchev–Trinajstić information content (AvgIpc) is 2.73. The van der Waals surface area contributed by atoms with Crippen LogP contribution < -0.4 is 10.6 Å². The van der Waals surface area contributed by atoms with Crippen LogP contribution in [0.4, 0.5) is 4.79 Å². The molecule has 2 N–H and O–H groups in total. The summed E-state index contributed by atoms with van der Waals surface area (Å²) in [6.07, 6.45) is 0. The number of benzene rings is 1. The van der Waals surface area contributed by atoms with Crippen molar-refractivity contribution in [2.45, 2.75) is 26.8 Å². The predicted molar refractivity (Wildman–Crippen MR) is 76.4 cm³/mol. The van der Waals surface area contributed by atoms with E-state index < -0.39 is 12.1 Å². The first-order chi connectivity index (χ1) is 9.54. The zero-order valence-corrected chi connectivity index (χ0v) is 11.8. The minimum absolute atomic E-state index is 0.359. The van der Waals surface area contributed by atoms with Crippen molar-refractivity contribution in [3.63, 3.8) is 0 Å². The van der Waals surface area contributed by atoms with Crippen LogP contribution in [0.5, 0.6) is 0 Å². The van der Waals surface area contributed by atoms with E-state index >= 15 is 0 Å². The topological polar surface area (TPSA) is 76.0 Å². The maximum absolute atomic E-state index is 12.1. The van der Waals surface area contributed by atoms with Crippen LogP contribution >= 0.6 is 0 Å². The lowest BCUT2D eigenvalue weighted by molar-refractivity contribution is -0.122.